The molecule has 0 aromatic carbocycles. The number of hydrogen-bond acceptors (Lipinski definition) is 3. The van der Waals surface area contributed by atoms with E-state index >= 15 is 0 Å². The van der Waals surface area contributed by atoms with E-state index in [2.05, 4.69) is 34.1 Å². The lowest BCUT2D eigenvalue weighted by molar-refractivity contribution is 0.408. The predicted molar refractivity (Wildman–Crippen MR) is 56.7 cm³/mol. The van der Waals surface area contributed by atoms with Crippen molar-refractivity contribution < 1.29 is 0 Å². The van der Waals surface area contributed by atoms with Crippen LogP contribution in [0.5, 0.6) is 0 Å². The molecule has 1 aromatic rings. The van der Waals surface area contributed by atoms with Gasteiger partial charge in [-0.2, -0.15) is 0 Å². The lowest BCUT2D eigenvalue weighted by Gasteiger charge is -2.05. The van der Waals surface area contributed by atoms with Crippen LogP contribution >= 0.6 is 0 Å². The molecule has 0 N–H and O–H groups in total. The Morgan fingerprint density at radius 1 is 1.43 bits per heavy atom. The van der Waals surface area contributed by atoms with E-state index in [9.17, 15) is 0 Å². The van der Waals surface area contributed by atoms with Crippen LogP contribution in [0.15, 0.2) is 24.8 Å². The maximum absolute atomic E-state index is 3.97. The van der Waals surface area contributed by atoms with Crippen LogP contribution in [0.25, 0.3) is 6.08 Å². The van der Waals surface area contributed by atoms with Crippen molar-refractivity contribution >= 4 is 6.08 Å². The molecular formula is C11H15N3. The highest BCUT2D eigenvalue weighted by molar-refractivity contribution is 5.46. The number of nitrogens with zero attached hydrogens (tertiary/aromatic N) is 3. The van der Waals surface area contributed by atoms with Crippen LogP contribution in [0.3, 0.4) is 0 Å². The fourth-order valence-corrected chi connectivity index (χ4v) is 1.77. The van der Waals surface area contributed by atoms with Crippen LogP contribution in [0.2, 0.25) is 0 Å². The van der Waals surface area contributed by atoms with Gasteiger partial charge in [0.1, 0.15) is 6.33 Å². The van der Waals surface area contributed by atoms with Crippen molar-refractivity contribution in [3.63, 3.8) is 0 Å². The fraction of sp³-hybridized carbons (Fsp3) is 0.455. The zero-order valence-corrected chi connectivity index (χ0v) is 8.43. The third-order valence-corrected chi connectivity index (χ3v) is 2.57. The summed E-state index contributed by atoms with van der Waals surface area (Å²) < 4.78 is 0. The molecule has 3 nitrogen and oxygen atoms in total. The van der Waals surface area contributed by atoms with E-state index in [1.165, 1.54) is 19.5 Å². The maximum atomic E-state index is 3.97. The van der Waals surface area contributed by atoms with Gasteiger partial charge in [-0.3, -0.25) is 0 Å². The quantitative estimate of drug-likeness (QED) is 0.705. The monoisotopic (exact) mass is 189 g/mol. The van der Waals surface area contributed by atoms with Crippen molar-refractivity contribution in [1.82, 2.24) is 14.9 Å². The molecule has 0 bridgehead atoms. The Morgan fingerprint density at radius 2 is 2.21 bits per heavy atom. The zero-order chi connectivity index (χ0) is 9.80. The molecule has 1 aliphatic rings. The summed E-state index contributed by atoms with van der Waals surface area (Å²) in [5.74, 6) is 0.695. The summed E-state index contributed by atoms with van der Waals surface area (Å²) in [5.41, 5.74) is 1.09. The lowest BCUT2D eigenvalue weighted by Crippen LogP contribution is -2.13. The first-order chi connectivity index (χ1) is 6.84. The molecule has 1 saturated heterocycles. The topological polar surface area (TPSA) is 29.0 Å². The van der Waals surface area contributed by atoms with E-state index in [4.69, 9.17) is 0 Å². The lowest BCUT2D eigenvalue weighted by atomic mass is 10.1. The minimum absolute atomic E-state index is 0.695. The van der Waals surface area contributed by atoms with Crippen LogP contribution in [0.1, 0.15) is 12.0 Å². The Hall–Kier alpha value is -1.22. The van der Waals surface area contributed by atoms with Crippen molar-refractivity contribution in [3.05, 3.63) is 30.4 Å². The predicted octanol–water partition coefficient (Wildman–Crippen LogP) is 1.44. The van der Waals surface area contributed by atoms with Crippen LogP contribution in [-0.2, 0) is 0 Å². The van der Waals surface area contributed by atoms with E-state index in [1.54, 1.807) is 6.33 Å². The first kappa shape index (κ1) is 9.34. The number of aromatic nitrogens is 2. The average molecular weight is 189 g/mol. The van der Waals surface area contributed by atoms with E-state index in [0.29, 0.717) is 5.92 Å². The van der Waals surface area contributed by atoms with E-state index in [-0.39, 0.29) is 0 Å². The van der Waals surface area contributed by atoms with Gasteiger partial charge < -0.3 is 4.90 Å². The van der Waals surface area contributed by atoms with Gasteiger partial charge in [-0.15, -0.1) is 0 Å². The van der Waals surface area contributed by atoms with Crippen LogP contribution < -0.4 is 0 Å². The third kappa shape index (κ3) is 2.39. The normalized spacial score (nSPS) is 23.4. The molecule has 2 heterocycles. The number of likely N-dealkylation sites (tertiary alicyclic amines) is 1. The Morgan fingerprint density at radius 3 is 2.86 bits per heavy atom. The van der Waals surface area contributed by atoms with Crippen LogP contribution in [0, 0.1) is 5.92 Å². The second-order valence-electron chi connectivity index (χ2n) is 3.84. The Labute approximate surface area is 84.5 Å². The Bertz CT molecular complexity index is 308. The summed E-state index contributed by atoms with van der Waals surface area (Å²) in [6.07, 6.45) is 10.9. The molecule has 1 aromatic heterocycles. The standard InChI is InChI=1S/C11H15N3/c1-14-5-4-10(8-14)2-3-11-6-12-9-13-7-11/h2-3,6-7,9-10H,4-5,8H2,1H3. The molecule has 0 saturated carbocycles. The molecule has 3 heteroatoms. The van der Waals surface area contributed by atoms with E-state index in [1.807, 2.05) is 12.4 Å². The van der Waals surface area contributed by atoms with Gasteiger partial charge in [-0.1, -0.05) is 12.2 Å². The smallest absolute Gasteiger partial charge is 0.115 e. The summed E-state index contributed by atoms with van der Waals surface area (Å²) >= 11 is 0. The molecule has 0 amide bonds. The third-order valence-electron chi connectivity index (χ3n) is 2.57. The molecule has 14 heavy (non-hydrogen) atoms. The van der Waals surface area contributed by atoms with Crippen molar-refractivity contribution in [2.45, 2.75) is 6.42 Å². The minimum atomic E-state index is 0.695. The second kappa shape index (κ2) is 4.33. The summed E-state index contributed by atoms with van der Waals surface area (Å²) in [4.78, 5) is 10.3. The van der Waals surface area contributed by atoms with Gasteiger partial charge in [0.25, 0.3) is 0 Å². The molecule has 0 aliphatic carbocycles. The Kier molecular flexibility index (Phi) is 2.89. The Balaban J connectivity index is 1.94. The largest absolute Gasteiger partial charge is 0.306 e. The SMILES string of the molecule is CN1CCC(C=Cc2cncnc2)C1. The fourth-order valence-electron chi connectivity index (χ4n) is 1.77. The van der Waals surface area contributed by atoms with Crippen molar-refractivity contribution in [1.29, 1.82) is 0 Å². The first-order valence-corrected chi connectivity index (χ1v) is 4.96. The molecular weight excluding hydrogens is 174 g/mol. The van der Waals surface area contributed by atoms with Gasteiger partial charge in [0.05, 0.1) is 0 Å². The maximum Gasteiger partial charge on any atom is 0.115 e. The van der Waals surface area contributed by atoms with Gasteiger partial charge in [-0.05, 0) is 25.9 Å². The molecule has 1 unspecified atom stereocenters. The molecule has 1 fully saturated rings. The summed E-state index contributed by atoms with van der Waals surface area (Å²) in [6.45, 7) is 2.38. The summed E-state index contributed by atoms with van der Waals surface area (Å²) in [7, 11) is 2.17. The zero-order valence-electron chi connectivity index (χ0n) is 8.43. The van der Waals surface area contributed by atoms with Crippen molar-refractivity contribution in [3.8, 4) is 0 Å². The average Bonchev–Trinajstić information content (AvgIpc) is 2.63. The van der Waals surface area contributed by atoms with Crippen LogP contribution in [-0.4, -0.2) is 35.0 Å². The minimum Gasteiger partial charge on any atom is -0.306 e. The number of hydrogen-bond donors (Lipinski definition) is 0. The summed E-state index contributed by atoms with van der Waals surface area (Å²) in [5, 5.41) is 0. The highest BCUT2D eigenvalue weighted by Crippen LogP contribution is 2.16. The van der Waals surface area contributed by atoms with E-state index in [0.717, 1.165) is 5.56 Å². The molecule has 1 aliphatic heterocycles. The highest BCUT2D eigenvalue weighted by Gasteiger charge is 2.15. The molecule has 2 rings (SSSR count). The molecule has 1 atom stereocenters. The molecule has 0 spiro atoms. The van der Waals surface area contributed by atoms with Crippen molar-refractivity contribution in [2.75, 3.05) is 20.1 Å². The van der Waals surface area contributed by atoms with Crippen LogP contribution in [0.4, 0.5) is 0 Å². The van der Waals surface area contributed by atoms with Gasteiger partial charge >= 0.3 is 0 Å². The van der Waals surface area contributed by atoms with Gasteiger partial charge in [0.15, 0.2) is 0 Å². The number of rotatable bonds is 2. The van der Waals surface area contributed by atoms with Gasteiger partial charge in [0, 0.05) is 24.5 Å². The first-order valence-electron chi connectivity index (χ1n) is 4.96. The second-order valence-corrected chi connectivity index (χ2v) is 3.84. The van der Waals surface area contributed by atoms with Gasteiger partial charge in [-0.25, -0.2) is 9.97 Å². The van der Waals surface area contributed by atoms with Crippen molar-refractivity contribution in [2.24, 2.45) is 5.92 Å². The van der Waals surface area contributed by atoms with Gasteiger partial charge in [0.2, 0.25) is 0 Å². The van der Waals surface area contributed by atoms with E-state index < -0.39 is 0 Å². The molecule has 0 radical (unpaired) electrons. The summed E-state index contributed by atoms with van der Waals surface area (Å²) in [6, 6.07) is 0. The molecule has 74 valence electrons. The highest BCUT2D eigenvalue weighted by atomic mass is 15.1.